The first-order valence-corrected chi connectivity index (χ1v) is 7.36. The Morgan fingerprint density at radius 1 is 0.476 bits per heavy atom. The van der Waals surface area contributed by atoms with E-state index in [2.05, 4.69) is 20.4 Å². The van der Waals surface area contributed by atoms with Crippen molar-refractivity contribution in [3.8, 4) is 0 Å². The van der Waals surface area contributed by atoms with E-state index < -0.39 is 0 Å². The van der Waals surface area contributed by atoms with E-state index in [1.165, 1.54) is 0 Å². The summed E-state index contributed by atoms with van der Waals surface area (Å²) in [6.45, 7) is 38.4. The van der Waals surface area contributed by atoms with Gasteiger partial charge in [0.05, 0.1) is 0 Å². The predicted molar refractivity (Wildman–Crippen MR) is 123 cm³/mol. The van der Waals surface area contributed by atoms with Crippen LogP contribution in [-0.2, 0) is 0 Å². The topological polar surface area (TPSA) is 0 Å². The van der Waals surface area contributed by atoms with Gasteiger partial charge in [0.2, 0.25) is 0 Å². The van der Waals surface area contributed by atoms with Crippen molar-refractivity contribution in [1.82, 2.24) is 0 Å². The van der Waals surface area contributed by atoms with Gasteiger partial charge in [0.1, 0.15) is 0 Å². The van der Waals surface area contributed by atoms with Crippen LogP contribution < -0.4 is 0 Å². The van der Waals surface area contributed by atoms with Crippen molar-refractivity contribution in [2.24, 2.45) is 0 Å². The molecule has 0 radical (unpaired) electrons. The van der Waals surface area contributed by atoms with Gasteiger partial charge in [-0.1, -0.05) is 0 Å². The molecule has 72 valence electrons. The van der Waals surface area contributed by atoms with Crippen molar-refractivity contribution in [1.29, 1.82) is 0 Å². The summed E-state index contributed by atoms with van der Waals surface area (Å²) in [6.07, 6.45) is 1.08. The summed E-state index contributed by atoms with van der Waals surface area (Å²) in [4.78, 5) is 0. The van der Waals surface area contributed by atoms with Crippen LogP contribution in [0, 0.1) is 0 Å². The Kier molecular flexibility index (Phi) is 22.5. The first-order valence-electron chi connectivity index (χ1n) is 7.36. The van der Waals surface area contributed by atoms with Crippen molar-refractivity contribution in [2.45, 2.75) is 13.2 Å². The van der Waals surface area contributed by atoms with E-state index in [0.29, 0.717) is 0 Å². The average Bonchev–Trinajstić information content (AvgIpc) is 2.50. The third-order valence-electron chi connectivity index (χ3n) is 2.23. The van der Waals surface area contributed by atoms with Gasteiger partial charge in [-0.15, -0.1) is 0 Å². The van der Waals surface area contributed by atoms with Gasteiger partial charge in [-0.25, -0.2) is 0 Å². The van der Waals surface area contributed by atoms with E-state index >= 15 is 0 Å². The van der Waals surface area contributed by atoms with Crippen LogP contribution in [-0.4, -0.2) is 128 Å². The predicted octanol–water partition coefficient (Wildman–Crippen LogP) is -6.80. The third-order valence-corrected chi connectivity index (χ3v) is 2.23. The number of hydrogen-bond acceptors (Lipinski definition) is 0. The van der Waals surface area contributed by atoms with E-state index in [9.17, 15) is 0 Å². The molecule has 0 aliphatic rings. The number of hydrogen-bond donors (Lipinski definition) is 0. The maximum atomic E-state index is 2.12. The van der Waals surface area contributed by atoms with Crippen LogP contribution in [0.15, 0.2) is 0 Å². The molecule has 0 aromatic carbocycles. The second-order valence-electron chi connectivity index (χ2n) is 4.06. The molecule has 0 N–H and O–H groups in total. The fourth-order valence-corrected chi connectivity index (χ4v) is 1.22. The summed E-state index contributed by atoms with van der Waals surface area (Å²) in [5.74, 6) is 0. The molecule has 0 saturated heterocycles. The molecule has 0 aliphatic carbocycles. The molecular weight excluding hydrogens is 229 g/mol. The van der Waals surface area contributed by atoms with E-state index in [0.717, 1.165) is 6.32 Å². The van der Waals surface area contributed by atoms with Crippen LogP contribution >= 0.6 is 0 Å². The van der Waals surface area contributed by atoms with Gasteiger partial charge in [0.15, 0.2) is 0 Å². The number of rotatable bonds is 9. The third kappa shape index (κ3) is 21.2. The molecule has 0 saturated carbocycles. The van der Waals surface area contributed by atoms with Gasteiger partial charge in [-0.3, -0.25) is 0 Å². The van der Waals surface area contributed by atoms with Gasteiger partial charge >= 0.3 is 142 Å². The molecule has 19 heteroatoms. The van der Waals surface area contributed by atoms with Crippen molar-refractivity contribution in [2.75, 3.05) is 0 Å². The normalized spacial score (nSPS) is 7.67. The monoisotopic (exact) mass is 240 g/mol. The molecule has 0 aliphatic heterocycles. The Morgan fingerprint density at radius 2 is 0.762 bits per heavy atom. The zero-order valence-corrected chi connectivity index (χ0v) is 13.1. The first kappa shape index (κ1) is 22.2. The molecule has 0 spiro atoms. The van der Waals surface area contributed by atoms with Crippen molar-refractivity contribution in [3.63, 3.8) is 0 Å². The Bertz CT molecular complexity index is 482. The Hall–Kier alpha value is 1.23. The van der Waals surface area contributed by atoms with Crippen LogP contribution in [0.4, 0.5) is 0 Å². The molecule has 0 bridgehead atoms. The molecule has 0 aromatic heterocycles. The Labute approximate surface area is 141 Å². The van der Waals surface area contributed by atoms with E-state index in [4.69, 9.17) is 0 Å². The Balaban J connectivity index is 3.85. The van der Waals surface area contributed by atoms with Crippen molar-refractivity contribution < 1.29 is 0 Å². The van der Waals surface area contributed by atoms with Crippen molar-refractivity contribution >= 4 is 128 Å². The summed E-state index contributed by atoms with van der Waals surface area (Å²) >= 11 is 0. The van der Waals surface area contributed by atoms with Crippen LogP contribution in [0.1, 0.15) is 6.92 Å². The summed E-state index contributed by atoms with van der Waals surface area (Å²) in [7, 11) is 2.00. The quantitative estimate of drug-likeness (QED) is 0.349. The summed E-state index contributed by atoms with van der Waals surface area (Å²) in [5, 5.41) is 0. The Morgan fingerprint density at radius 3 is 1.05 bits per heavy atom. The molecule has 0 atom stereocenters. The molecule has 0 unspecified atom stereocenters. The minimum atomic E-state index is 1.08. The molecule has 0 rings (SSSR count). The average molecular weight is 237 g/mol. The fourth-order valence-electron chi connectivity index (χ4n) is 1.22. The molecule has 0 aromatic rings. The van der Waals surface area contributed by atoms with Crippen molar-refractivity contribution in [3.05, 3.63) is 0 Å². The maximum absolute atomic E-state index is 2.12. The van der Waals surface area contributed by atoms with Gasteiger partial charge in [-0.2, -0.15) is 0 Å². The SMILES string of the molecule is BB=BB=BB=BB=BB=BB=BB=BB=BB=BCC. The summed E-state index contributed by atoms with van der Waals surface area (Å²) in [6, 6.07) is 0. The molecular formula is C2H7B19. The van der Waals surface area contributed by atoms with Gasteiger partial charge in [0, 0.05) is 0 Å². The van der Waals surface area contributed by atoms with E-state index in [1.807, 2.05) is 115 Å². The molecule has 0 amide bonds. The summed E-state index contributed by atoms with van der Waals surface area (Å²) in [5.41, 5.74) is 0. The fraction of sp³-hybridized carbons (Fsp3) is 1.00. The molecule has 0 fully saturated rings. The van der Waals surface area contributed by atoms with E-state index in [-0.39, 0.29) is 0 Å². The minimum absolute atomic E-state index is 1.08. The molecule has 0 nitrogen and oxygen atoms in total. The van der Waals surface area contributed by atoms with Gasteiger partial charge < -0.3 is 0 Å². The summed E-state index contributed by atoms with van der Waals surface area (Å²) < 4.78 is 0. The second-order valence-corrected chi connectivity index (χ2v) is 4.06. The van der Waals surface area contributed by atoms with Crippen LogP contribution in [0.25, 0.3) is 0 Å². The van der Waals surface area contributed by atoms with Gasteiger partial charge in [0.25, 0.3) is 0 Å². The second kappa shape index (κ2) is 21.2. The standard InChI is InChI=1S/C2H7B19/c1-2-4-6-8-10-12-14-16-18-20-21-19-17-15-13-11-9-7-5-3/h2-3H2,1H3. The van der Waals surface area contributed by atoms with E-state index in [1.54, 1.807) is 0 Å². The van der Waals surface area contributed by atoms with Gasteiger partial charge in [-0.05, 0) is 0 Å². The first-order chi connectivity index (χ1) is 10.4. The van der Waals surface area contributed by atoms with Crippen LogP contribution in [0.5, 0.6) is 0 Å². The van der Waals surface area contributed by atoms with Crippen LogP contribution in [0.2, 0.25) is 6.32 Å². The van der Waals surface area contributed by atoms with Crippen LogP contribution in [0.3, 0.4) is 0 Å². The molecule has 21 heavy (non-hydrogen) atoms. The zero-order valence-electron chi connectivity index (χ0n) is 13.1. The molecule has 0 heterocycles. The zero-order chi connectivity index (χ0) is 15.4.